The molecule has 238 valence electrons. The SMILES string of the molecule is CCOC(=O)C(=CN(C)C)C(=O)c1cc(I)ccc1F.CCOC(=O)c1cn([C@H](CO)C(C)(C)C)c2ccc(I)cc2c1=O. The van der Waals surface area contributed by atoms with E-state index >= 15 is 0 Å². The van der Waals surface area contributed by atoms with Crippen LogP contribution in [-0.2, 0) is 14.3 Å². The molecule has 1 N–H and O–H groups in total. The van der Waals surface area contributed by atoms with Crippen LogP contribution in [0.4, 0.5) is 4.39 Å². The second-order valence-corrected chi connectivity index (χ2v) is 13.4. The topological polar surface area (TPSA) is 115 Å². The number of esters is 2. The zero-order chi connectivity index (χ0) is 33.4. The zero-order valence-electron chi connectivity index (χ0n) is 25.7. The first-order valence-electron chi connectivity index (χ1n) is 13.7. The molecule has 3 rings (SSSR count). The number of pyridine rings is 1. The van der Waals surface area contributed by atoms with Crippen molar-refractivity contribution >= 4 is 73.8 Å². The van der Waals surface area contributed by atoms with Crippen LogP contribution < -0.4 is 5.43 Å². The lowest BCUT2D eigenvalue weighted by atomic mass is 9.86. The fourth-order valence-electron chi connectivity index (χ4n) is 4.21. The fraction of sp³-hybridized carbons (Fsp3) is 0.375. The molecular formula is C32H37FI2N2O7. The highest BCUT2D eigenvalue weighted by Crippen LogP contribution is 2.32. The van der Waals surface area contributed by atoms with E-state index in [1.807, 2.05) is 60.1 Å². The maximum Gasteiger partial charge on any atom is 0.343 e. The number of aliphatic hydroxyl groups excluding tert-OH is 1. The van der Waals surface area contributed by atoms with Gasteiger partial charge in [0.05, 0.1) is 36.9 Å². The van der Waals surface area contributed by atoms with Crippen molar-refractivity contribution in [3.8, 4) is 0 Å². The number of carbonyl (C=O) groups is 3. The Morgan fingerprint density at radius 3 is 2.14 bits per heavy atom. The van der Waals surface area contributed by atoms with Gasteiger partial charge in [0.2, 0.25) is 11.2 Å². The van der Waals surface area contributed by atoms with Crippen molar-refractivity contribution in [1.29, 1.82) is 0 Å². The van der Waals surface area contributed by atoms with E-state index in [1.165, 1.54) is 29.4 Å². The van der Waals surface area contributed by atoms with Crippen LogP contribution in [0.1, 0.15) is 61.4 Å². The second-order valence-electron chi connectivity index (χ2n) is 10.9. The van der Waals surface area contributed by atoms with Gasteiger partial charge >= 0.3 is 11.9 Å². The number of carbonyl (C=O) groups excluding carboxylic acids is 3. The third-order valence-corrected chi connectivity index (χ3v) is 7.64. The molecule has 0 unspecified atom stereocenters. The summed E-state index contributed by atoms with van der Waals surface area (Å²) in [5, 5.41) is 10.4. The average molecular weight is 834 g/mol. The van der Waals surface area contributed by atoms with E-state index < -0.39 is 23.5 Å². The Kier molecular flexibility index (Phi) is 14.0. The number of rotatable bonds is 9. The van der Waals surface area contributed by atoms with E-state index in [4.69, 9.17) is 9.47 Å². The Labute approximate surface area is 283 Å². The third kappa shape index (κ3) is 9.57. The number of ether oxygens (including phenoxy) is 2. The van der Waals surface area contributed by atoms with Gasteiger partial charge < -0.3 is 24.0 Å². The Bertz CT molecular complexity index is 1610. The minimum Gasteiger partial charge on any atom is -0.462 e. The lowest BCUT2D eigenvalue weighted by Gasteiger charge is -2.32. The van der Waals surface area contributed by atoms with Gasteiger partial charge in [0, 0.05) is 39.0 Å². The summed E-state index contributed by atoms with van der Waals surface area (Å²) in [4.78, 5) is 50.6. The number of Topliss-reactive ketones (excluding diaryl/α,β-unsaturated/α-hetero) is 1. The minimum absolute atomic E-state index is 0.00551. The maximum atomic E-state index is 13.7. The van der Waals surface area contributed by atoms with Gasteiger partial charge in [0.1, 0.15) is 17.0 Å². The third-order valence-electron chi connectivity index (χ3n) is 6.30. The predicted octanol–water partition coefficient (Wildman–Crippen LogP) is 5.98. The number of nitrogens with zero attached hydrogens (tertiary/aromatic N) is 2. The van der Waals surface area contributed by atoms with Gasteiger partial charge in [-0.15, -0.1) is 0 Å². The first kappa shape index (κ1) is 37.3. The Morgan fingerprint density at radius 2 is 1.59 bits per heavy atom. The highest BCUT2D eigenvalue weighted by molar-refractivity contribution is 14.1. The number of benzene rings is 2. The van der Waals surface area contributed by atoms with E-state index in [9.17, 15) is 28.7 Å². The van der Waals surface area contributed by atoms with Crippen molar-refractivity contribution < 1.29 is 33.4 Å². The summed E-state index contributed by atoms with van der Waals surface area (Å²) in [5.41, 5.74) is -0.248. The first-order valence-corrected chi connectivity index (χ1v) is 15.9. The zero-order valence-corrected chi connectivity index (χ0v) is 30.1. The smallest absolute Gasteiger partial charge is 0.343 e. The molecule has 1 atom stereocenters. The van der Waals surface area contributed by atoms with Crippen LogP contribution in [0, 0.1) is 18.4 Å². The van der Waals surface area contributed by atoms with Crippen LogP contribution >= 0.6 is 45.2 Å². The van der Waals surface area contributed by atoms with Crippen LogP contribution in [0.5, 0.6) is 0 Å². The Hall–Kier alpha value is -2.85. The standard InChI is InChI=1S/C18H22INO4.C14H15FINO3/c1-5-24-17(23)13-9-20(15(10-21)18(2,3)4)14-7-6-11(19)8-12(14)16(13)22;1-4-20-14(19)11(8-17(2)3)13(18)10-7-9(16)5-6-12(10)15/h6-9,15,21H,5,10H2,1-4H3;5-8H,4H2,1-3H3/t15-;/m1./s1. The molecule has 44 heavy (non-hydrogen) atoms. The van der Waals surface area contributed by atoms with Crippen molar-refractivity contribution in [2.75, 3.05) is 33.9 Å². The monoisotopic (exact) mass is 834 g/mol. The van der Waals surface area contributed by atoms with E-state index in [0.717, 1.165) is 3.57 Å². The molecular weight excluding hydrogens is 797 g/mol. The molecule has 12 heteroatoms. The number of halogens is 3. The fourth-order valence-corrected chi connectivity index (χ4v) is 5.19. The quantitative estimate of drug-likeness (QED) is 0.0700. The Balaban J connectivity index is 0.000000312. The molecule has 3 aromatic rings. The molecule has 0 fully saturated rings. The van der Waals surface area contributed by atoms with Gasteiger partial charge in [0.15, 0.2) is 0 Å². The largest absolute Gasteiger partial charge is 0.462 e. The van der Waals surface area contributed by atoms with Crippen LogP contribution in [-0.4, -0.2) is 66.2 Å². The molecule has 0 saturated carbocycles. The van der Waals surface area contributed by atoms with Crippen molar-refractivity contribution in [1.82, 2.24) is 9.47 Å². The van der Waals surface area contributed by atoms with Crippen LogP contribution in [0.25, 0.3) is 10.9 Å². The van der Waals surface area contributed by atoms with Gasteiger partial charge in [-0.05, 0) is 101 Å². The van der Waals surface area contributed by atoms with Crippen molar-refractivity contribution in [2.24, 2.45) is 5.41 Å². The minimum atomic E-state index is -0.760. The molecule has 0 aliphatic rings. The number of aliphatic hydroxyl groups is 1. The van der Waals surface area contributed by atoms with Crippen LogP contribution in [0.15, 0.2) is 59.2 Å². The highest BCUT2D eigenvalue weighted by atomic mass is 127. The van der Waals surface area contributed by atoms with E-state index in [0.29, 0.717) is 14.5 Å². The summed E-state index contributed by atoms with van der Waals surface area (Å²) in [6.07, 6.45) is 2.85. The first-order chi connectivity index (χ1) is 20.6. The summed E-state index contributed by atoms with van der Waals surface area (Å²) in [7, 11) is 3.33. The molecule has 1 aromatic heterocycles. The van der Waals surface area contributed by atoms with Gasteiger partial charge in [-0.1, -0.05) is 20.8 Å². The van der Waals surface area contributed by atoms with E-state index in [2.05, 4.69) is 22.6 Å². The molecule has 0 aliphatic heterocycles. The number of aromatic nitrogens is 1. The lowest BCUT2D eigenvalue weighted by molar-refractivity contribution is -0.138. The van der Waals surface area contributed by atoms with Crippen molar-refractivity contribution in [3.05, 3.63) is 88.7 Å². The second kappa shape index (κ2) is 16.5. The van der Waals surface area contributed by atoms with Crippen LogP contribution in [0.2, 0.25) is 0 Å². The molecule has 2 aromatic carbocycles. The number of hydrogen-bond donors (Lipinski definition) is 1. The average Bonchev–Trinajstić information content (AvgIpc) is 2.94. The summed E-state index contributed by atoms with van der Waals surface area (Å²) in [5.74, 6) is -2.75. The molecule has 0 aliphatic carbocycles. The molecule has 0 amide bonds. The van der Waals surface area contributed by atoms with E-state index in [1.54, 1.807) is 40.1 Å². The van der Waals surface area contributed by atoms with Gasteiger partial charge in [-0.3, -0.25) is 9.59 Å². The lowest BCUT2D eigenvalue weighted by Crippen LogP contribution is -2.30. The number of ketones is 1. The molecule has 0 radical (unpaired) electrons. The predicted molar refractivity (Wildman–Crippen MR) is 184 cm³/mol. The van der Waals surface area contributed by atoms with Gasteiger partial charge in [-0.25, -0.2) is 14.0 Å². The molecule has 0 bridgehead atoms. The number of fused-ring (bicyclic) bond motifs is 1. The Morgan fingerprint density at radius 1 is 1.00 bits per heavy atom. The molecule has 0 saturated heterocycles. The van der Waals surface area contributed by atoms with Crippen LogP contribution in [0.3, 0.4) is 0 Å². The summed E-state index contributed by atoms with van der Waals surface area (Å²) >= 11 is 4.10. The molecule has 1 heterocycles. The number of hydrogen-bond acceptors (Lipinski definition) is 8. The van der Waals surface area contributed by atoms with Gasteiger partial charge in [-0.2, -0.15) is 0 Å². The van der Waals surface area contributed by atoms with Crippen molar-refractivity contribution in [3.63, 3.8) is 0 Å². The molecule has 0 spiro atoms. The molecule has 9 nitrogen and oxygen atoms in total. The summed E-state index contributed by atoms with van der Waals surface area (Å²) < 4.78 is 27.0. The van der Waals surface area contributed by atoms with Crippen molar-refractivity contribution in [2.45, 2.75) is 40.7 Å². The normalized spacial score (nSPS) is 12.2. The van der Waals surface area contributed by atoms with E-state index in [-0.39, 0.29) is 53.4 Å². The highest BCUT2D eigenvalue weighted by Gasteiger charge is 2.28. The van der Waals surface area contributed by atoms with Gasteiger partial charge in [0.25, 0.3) is 0 Å². The summed E-state index contributed by atoms with van der Waals surface area (Å²) in [6.45, 7) is 9.61. The maximum absolute atomic E-state index is 13.7. The summed E-state index contributed by atoms with van der Waals surface area (Å²) in [6, 6.07) is 9.38.